The van der Waals surface area contributed by atoms with Crippen molar-refractivity contribution in [3.63, 3.8) is 0 Å². The molecule has 0 amide bonds. The highest BCUT2D eigenvalue weighted by atomic mass is 15.3. The van der Waals surface area contributed by atoms with Crippen molar-refractivity contribution < 1.29 is 0 Å². The first-order chi connectivity index (χ1) is 9.99. The van der Waals surface area contributed by atoms with Gasteiger partial charge in [-0.25, -0.2) is 0 Å². The van der Waals surface area contributed by atoms with Crippen LogP contribution in [0.1, 0.15) is 39.3 Å². The van der Waals surface area contributed by atoms with Gasteiger partial charge < -0.3 is 5.32 Å². The Balaban J connectivity index is 1.87. The van der Waals surface area contributed by atoms with Crippen molar-refractivity contribution in [3.8, 4) is 0 Å². The Morgan fingerprint density at radius 2 is 2.05 bits per heavy atom. The van der Waals surface area contributed by atoms with E-state index in [2.05, 4.69) is 50.4 Å². The van der Waals surface area contributed by atoms with Crippen molar-refractivity contribution in [1.82, 2.24) is 15.1 Å². The first kappa shape index (κ1) is 14.6. The second kappa shape index (κ2) is 5.45. The van der Waals surface area contributed by atoms with E-state index in [0.717, 1.165) is 18.9 Å². The van der Waals surface area contributed by atoms with Crippen LogP contribution >= 0.6 is 0 Å². The number of hydrogen-bond donors (Lipinski definition) is 1. The van der Waals surface area contributed by atoms with Crippen molar-refractivity contribution in [2.75, 3.05) is 6.54 Å². The zero-order valence-corrected chi connectivity index (χ0v) is 13.7. The normalized spacial score (nSPS) is 18.3. The van der Waals surface area contributed by atoms with Gasteiger partial charge in [-0.2, -0.15) is 5.10 Å². The minimum atomic E-state index is 0.321. The number of benzene rings is 1. The van der Waals surface area contributed by atoms with Gasteiger partial charge in [-0.3, -0.25) is 4.68 Å². The van der Waals surface area contributed by atoms with E-state index in [1.165, 1.54) is 29.4 Å². The smallest absolute Gasteiger partial charge is 0.0709 e. The minimum absolute atomic E-state index is 0.321. The molecule has 1 N–H and O–H groups in total. The SMILES string of the molecule is CC(C)NCC(C)(Cc1nn(C)c2ccccc12)C1CC1. The standard InChI is InChI=1S/C18H27N3/c1-13(2)19-12-18(3,14-9-10-14)11-16-15-7-5-6-8-17(15)21(4)20-16/h5-8,13-14,19H,9-12H2,1-4H3. The second-order valence-corrected chi connectivity index (χ2v) is 7.23. The Bertz CT molecular complexity index is 624. The summed E-state index contributed by atoms with van der Waals surface area (Å²) in [4.78, 5) is 0. The van der Waals surface area contributed by atoms with Gasteiger partial charge in [0.2, 0.25) is 0 Å². The molecular formula is C18H27N3. The first-order valence-corrected chi connectivity index (χ1v) is 8.13. The van der Waals surface area contributed by atoms with Gasteiger partial charge >= 0.3 is 0 Å². The highest BCUT2D eigenvalue weighted by Gasteiger charge is 2.42. The number of hydrogen-bond acceptors (Lipinski definition) is 2. The van der Waals surface area contributed by atoms with E-state index in [-0.39, 0.29) is 0 Å². The van der Waals surface area contributed by atoms with Crippen LogP contribution in [0, 0.1) is 11.3 Å². The van der Waals surface area contributed by atoms with Crippen molar-refractivity contribution >= 4 is 10.9 Å². The zero-order chi connectivity index (χ0) is 15.0. The highest BCUT2D eigenvalue weighted by molar-refractivity contribution is 5.81. The molecule has 1 fully saturated rings. The van der Waals surface area contributed by atoms with Crippen LogP contribution in [0.25, 0.3) is 10.9 Å². The number of para-hydroxylation sites is 1. The quantitative estimate of drug-likeness (QED) is 0.880. The lowest BCUT2D eigenvalue weighted by atomic mass is 9.79. The summed E-state index contributed by atoms with van der Waals surface area (Å²) in [5.74, 6) is 0.851. The molecule has 3 heteroatoms. The largest absolute Gasteiger partial charge is 0.314 e. The first-order valence-electron chi connectivity index (χ1n) is 8.13. The monoisotopic (exact) mass is 285 g/mol. The van der Waals surface area contributed by atoms with Crippen LogP contribution in [-0.2, 0) is 13.5 Å². The lowest BCUT2D eigenvalue weighted by Crippen LogP contribution is -2.38. The summed E-state index contributed by atoms with van der Waals surface area (Å²) in [6.07, 6.45) is 3.82. The number of aryl methyl sites for hydroxylation is 1. The van der Waals surface area contributed by atoms with E-state index in [4.69, 9.17) is 5.10 Å². The number of nitrogens with one attached hydrogen (secondary N) is 1. The maximum atomic E-state index is 4.80. The molecule has 1 aliphatic carbocycles. The van der Waals surface area contributed by atoms with Crippen LogP contribution in [0.3, 0.4) is 0 Å². The predicted octanol–water partition coefficient (Wildman–Crippen LogP) is 3.53. The van der Waals surface area contributed by atoms with Crippen LogP contribution in [0.2, 0.25) is 0 Å². The summed E-state index contributed by atoms with van der Waals surface area (Å²) in [6, 6.07) is 9.12. The third-order valence-corrected chi connectivity index (χ3v) is 4.88. The number of rotatable bonds is 6. The molecule has 1 atom stereocenters. The molecule has 0 bridgehead atoms. The number of aromatic nitrogens is 2. The van der Waals surface area contributed by atoms with E-state index < -0.39 is 0 Å². The van der Waals surface area contributed by atoms with Crippen molar-refractivity contribution in [3.05, 3.63) is 30.0 Å². The zero-order valence-electron chi connectivity index (χ0n) is 13.7. The summed E-state index contributed by atoms with van der Waals surface area (Å²) >= 11 is 0. The van der Waals surface area contributed by atoms with Crippen molar-refractivity contribution in [2.45, 2.75) is 46.1 Å². The Hall–Kier alpha value is -1.35. The van der Waals surface area contributed by atoms with Crippen LogP contribution in [0.5, 0.6) is 0 Å². The van der Waals surface area contributed by atoms with Gasteiger partial charge in [0.25, 0.3) is 0 Å². The molecule has 1 aliphatic rings. The summed E-state index contributed by atoms with van der Waals surface area (Å²) < 4.78 is 2.02. The molecule has 2 aromatic rings. The highest BCUT2D eigenvalue weighted by Crippen LogP contribution is 2.47. The Morgan fingerprint density at radius 3 is 2.71 bits per heavy atom. The summed E-state index contributed by atoms with van der Waals surface area (Å²) in [5, 5.41) is 9.77. The fourth-order valence-electron chi connectivity index (χ4n) is 3.37. The van der Waals surface area contributed by atoms with Crippen LogP contribution in [0.15, 0.2) is 24.3 Å². The molecule has 3 nitrogen and oxygen atoms in total. The Kier molecular flexibility index (Phi) is 3.78. The Labute approximate surface area is 127 Å². The summed E-state index contributed by atoms with van der Waals surface area (Å²) in [6.45, 7) is 7.97. The van der Waals surface area contributed by atoms with E-state index in [1.807, 2.05) is 11.7 Å². The van der Waals surface area contributed by atoms with Crippen LogP contribution in [0.4, 0.5) is 0 Å². The average molecular weight is 285 g/mol. The third-order valence-electron chi connectivity index (χ3n) is 4.88. The predicted molar refractivity (Wildman–Crippen MR) is 88.4 cm³/mol. The van der Waals surface area contributed by atoms with Crippen molar-refractivity contribution in [2.24, 2.45) is 18.4 Å². The van der Waals surface area contributed by atoms with E-state index in [1.54, 1.807) is 0 Å². The molecule has 1 unspecified atom stereocenters. The molecular weight excluding hydrogens is 258 g/mol. The number of nitrogens with zero attached hydrogens (tertiary/aromatic N) is 2. The van der Waals surface area contributed by atoms with Gasteiger partial charge in [0.05, 0.1) is 11.2 Å². The molecule has 1 saturated carbocycles. The molecule has 1 aromatic carbocycles. The lowest BCUT2D eigenvalue weighted by molar-refractivity contribution is 0.246. The molecule has 0 saturated heterocycles. The van der Waals surface area contributed by atoms with E-state index >= 15 is 0 Å². The van der Waals surface area contributed by atoms with Gasteiger partial charge in [0.1, 0.15) is 0 Å². The minimum Gasteiger partial charge on any atom is -0.314 e. The van der Waals surface area contributed by atoms with Crippen LogP contribution < -0.4 is 5.32 Å². The number of fused-ring (bicyclic) bond motifs is 1. The van der Waals surface area contributed by atoms with Gasteiger partial charge in [-0.05, 0) is 36.7 Å². The summed E-state index contributed by atoms with van der Waals surface area (Å²) in [5.41, 5.74) is 2.82. The van der Waals surface area contributed by atoms with Gasteiger partial charge in [0, 0.05) is 25.0 Å². The molecule has 114 valence electrons. The maximum Gasteiger partial charge on any atom is 0.0709 e. The molecule has 3 rings (SSSR count). The fraction of sp³-hybridized carbons (Fsp3) is 0.611. The summed E-state index contributed by atoms with van der Waals surface area (Å²) in [7, 11) is 2.05. The van der Waals surface area contributed by atoms with E-state index in [9.17, 15) is 0 Å². The second-order valence-electron chi connectivity index (χ2n) is 7.23. The molecule has 1 aromatic heterocycles. The fourth-order valence-corrected chi connectivity index (χ4v) is 3.37. The third kappa shape index (κ3) is 2.98. The van der Waals surface area contributed by atoms with Crippen molar-refractivity contribution in [1.29, 1.82) is 0 Å². The average Bonchev–Trinajstić information content (AvgIpc) is 3.26. The molecule has 21 heavy (non-hydrogen) atoms. The van der Waals surface area contributed by atoms with Gasteiger partial charge in [0.15, 0.2) is 0 Å². The van der Waals surface area contributed by atoms with E-state index in [0.29, 0.717) is 11.5 Å². The topological polar surface area (TPSA) is 29.9 Å². The van der Waals surface area contributed by atoms with Crippen LogP contribution in [-0.4, -0.2) is 22.4 Å². The van der Waals surface area contributed by atoms with Gasteiger partial charge in [-0.1, -0.05) is 39.0 Å². The maximum absolute atomic E-state index is 4.80. The molecule has 0 spiro atoms. The Morgan fingerprint density at radius 1 is 1.33 bits per heavy atom. The molecule has 0 aliphatic heterocycles. The lowest BCUT2D eigenvalue weighted by Gasteiger charge is -2.30. The molecule has 0 radical (unpaired) electrons. The van der Waals surface area contributed by atoms with Gasteiger partial charge in [-0.15, -0.1) is 0 Å². The molecule has 1 heterocycles.